The summed E-state index contributed by atoms with van der Waals surface area (Å²) in [5.74, 6) is 0. The molecule has 1 aromatic heterocycles. The number of hydrogen-bond acceptors (Lipinski definition) is 4. The highest BCUT2D eigenvalue weighted by Gasteiger charge is 2.24. The lowest BCUT2D eigenvalue weighted by Crippen LogP contribution is -2.28. The maximum absolute atomic E-state index is 9.14. The van der Waals surface area contributed by atoms with Crippen molar-refractivity contribution in [2.24, 2.45) is 0 Å². The van der Waals surface area contributed by atoms with E-state index in [0.717, 1.165) is 10.7 Å². The Balaban J connectivity index is 2.36. The molecule has 2 rings (SSSR count). The lowest BCUT2D eigenvalue weighted by Gasteiger charge is -2.26. The number of hydrogen-bond donors (Lipinski definition) is 1. The summed E-state index contributed by atoms with van der Waals surface area (Å²) in [6.45, 7) is 4.04. The topological polar surface area (TPSA) is 48.7 Å². The van der Waals surface area contributed by atoms with Gasteiger partial charge in [-0.3, -0.25) is 0 Å². The Labute approximate surface area is 115 Å². The first-order valence-corrected chi connectivity index (χ1v) is 6.67. The second-order valence-corrected chi connectivity index (χ2v) is 5.66. The number of benzene rings is 1. The quantitative estimate of drug-likeness (QED) is 0.922. The normalized spacial score (nSPS) is 11.0. The second-order valence-electron chi connectivity index (χ2n) is 4.36. The molecule has 18 heavy (non-hydrogen) atoms. The van der Waals surface area contributed by atoms with Crippen molar-refractivity contribution in [3.8, 4) is 6.07 Å². The molecule has 0 saturated carbocycles. The number of nitrogens with one attached hydrogen (secondary N) is 1. The molecule has 0 spiro atoms. The van der Waals surface area contributed by atoms with Gasteiger partial charge in [0.25, 0.3) is 0 Å². The average Bonchev–Trinajstić information content (AvgIpc) is 2.83. The van der Waals surface area contributed by atoms with Crippen LogP contribution in [-0.4, -0.2) is 4.98 Å². The summed E-state index contributed by atoms with van der Waals surface area (Å²) in [6.07, 6.45) is 1.77. The van der Waals surface area contributed by atoms with Crippen molar-refractivity contribution in [3.05, 3.63) is 45.4 Å². The van der Waals surface area contributed by atoms with Crippen LogP contribution in [0.25, 0.3) is 0 Å². The highest BCUT2D eigenvalue weighted by Crippen LogP contribution is 2.31. The van der Waals surface area contributed by atoms with Gasteiger partial charge in [-0.25, -0.2) is 4.98 Å². The first-order chi connectivity index (χ1) is 8.54. The molecular formula is C13H12ClN3S. The van der Waals surface area contributed by atoms with E-state index < -0.39 is 0 Å². The highest BCUT2D eigenvalue weighted by molar-refractivity contribution is 7.09. The third-order valence-corrected chi connectivity index (χ3v) is 3.95. The van der Waals surface area contributed by atoms with Crippen molar-refractivity contribution in [2.45, 2.75) is 19.4 Å². The summed E-state index contributed by atoms with van der Waals surface area (Å²) >= 11 is 7.59. The fraction of sp³-hybridized carbons (Fsp3) is 0.231. The zero-order valence-corrected chi connectivity index (χ0v) is 11.6. The van der Waals surface area contributed by atoms with Crippen molar-refractivity contribution in [1.82, 2.24) is 4.98 Å². The molecule has 0 saturated heterocycles. The van der Waals surface area contributed by atoms with E-state index in [9.17, 15) is 0 Å². The summed E-state index contributed by atoms with van der Waals surface area (Å²) in [4.78, 5) is 4.30. The number of thiazole rings is 1. The molecule has 0 amide bonds. The molecule has 1 aromatic carbocycles. The van der Waals surface area contributed by atoms with Gasteiger partial charge in [0.15, 0.2) is 0 Å². The van der Waals surface area contributed by atoms with Gasteiger partial charge in [-0.1, -0.05) is 17.7 Å². The zero-order valence-electron chi connectivity index (χ0n) is 10.1. The van der Waals surface area contributed by atoms with E-state index in [0.29, 0.717) is 10.6 Å². The van der Waals surface area contributed by atoms with Crippen LogP contribution < -0.4 is 5.32 Å². The predicted molar refractivity (Wildman–Crippen MR) is 74.9 cm³/mol. The first-order valence-electron chi connectivity index (χ1n) is 5.41. The van der Waals surface area contributed by atoms with Gasteiger partial charge in [-0.05, 0) is 26.0 Å². The van der Waals surface area contributed by atoms with E-state index >= 15 is 0 Å². The molecule has 0 fully saturated rings. The lowest BCUT2D eigenvalue weighted by molar-refractivity contribution is 0.604. The van der Waals surface area contributed by atoms with E-state index in [1.165, 1.54) is 0 Å². The van der Waals surface area contributed by atoms with Crippen LogP contribution in [0.5, 0.6) is 0 Å². The maximum Gasteiger partial charge on any atom is 0.117 e. The van der Waals surface area contributed by atoms with Crippen molar-refractivity contribution >= 4 is 28.6 Å². The van der Waals surface area contributed by atoms with Crippen LogP contribution in [0.2, 0.25) is 5.02 Å². The van der Waals surface area contributed by atoms with E-state index in [1.807, 2.05) is 31.4 Å². The average molecular weight is 278 g/mol. The van der Waals surface area contributed by atoms with Gasteiger partial charge in [0.1, 0.15) is 11.1 Å². The van der Waals surface area contributed by atoms with Crippen LogP contribution in [0.15, 0.2) is 29.8 Å². The fourth-order valence-electron chi connectivity index (χ4n) is 1.66. The molecule has 92 valence electrons. The highest BCUT2D eigenvalue weighted by atomic mass is 35.5. The maximum atomic E-state index is 9.14. The Hall–Kier alpha value is -1.57. The van der Waals surface area contributed by atoms with Gasteiger partial charge in [0, 0.05) is 11.6 Å². The molecule has 0 aliphatic heterocycles. The molecule has 0 radical (unpaired) electrons. The summed E-state index contributed by atoms with van der Waals surface area (Å²) in [5.41, 5.74) is 0.846. The molecule has 0 unspecified atom stereocenters. The number of anilines is 1. The van der Waals surface area contributed by atoms with E-state index in [-0.39, 0.29) is 5.54 Å². The molecule has 1 heterocycles. The van der Waals surface area contributed by atoms with Crippen LogP contribution in [0.4, 0.5) is 5.69 Å². The molecule has 0 aliphatic carbocycles. The first kappa shape index (κ1) is 12.9. The number of nitriles is 1. The monoisotopic (exact) mass is 277 g/mol. The smallest absolute Gasteiger partial charge is 0.117 e. The molecule has 0 aliphatic rings. The SMILES string of the molecule is CC(C)(Nc1cccc(Cl)c1C#N)c1nccs1. The zero-order chi connectivity index (χ0) is 13.2. The minimum absolute atomic E-state index is 0.343. The van der Waals surface area contributed by atoms with Crippen LogP contribution in [0, 0.1) is 11.3 Å². The lowest BCUT2D eigenvalue weighted by atomic mass is 10.0. The minimum Gasteiger partial charge on any atom is -0.373 e. The van der Waals surface area contributed by atoms with Gasteiger partial charge in [-0.15, -0.1) is 11.3 Å². The van der Waals surface area contributed by atoms with Gasteiger partial charge in [0.05, 0.1) is 21.8 Å². The second kappa shape index (κ2) is 4.97. The summed E-state index contributed by atoms with van der Waals surface area (Å²) < 4.78 is 0. The summed E-state index contributed by atoms with van der Waals surface area (Å²) in [7, 11) is 0. The van der Waals surface area contributed by atoms with Crippen molar-refractivity contribution < 1.29 is 0 Å². The molecule has 0 atom stereocenters. The number of nitrogens with zero attached hydrogens (tertiary/aromatic N) is 2. The number of aromatic nitrogens is 1. The van der Waals surface area contributed by atoms with Crippen LogP contribution in [-0.2, 0) is 5.54 Å². The Morgan fingerprint density at radius 1 is 1.44 bits per heavy atom. The van der Waals surface area contributed by atoms with Gasteiger partial charge in [-0.2, -0.15) is 5.26 Å². The number of halogens is 1. The standard InChI is InChI=1S/C13H12ClN3S/c1-13(2,12-16-6-7-18-12)17-11-5-3-4-10(14)9(11)8-15/h3-7,17H,1-2H3. The molecule has 2 aromatic rings. The molecule has 0 bridgehead atoms. The van der Waals surface area contributed by atoms with E-state index in [2.05, 4.69) is 16.4 Å². The summed E-state index contributed by atoms with van der Waals surface area (Å²) in [6, 6.07) is 7.50. The van der Waals surface area contributed by atoms with Crippen molar-refractivity contribution in [3.63, 3.8) is 0 Å². The minimum atomic E-state index is -0.343. The molecule has 3 nitrogen and oxygen atoms in total. The fourth-order valence-corrected chi connectivity index (χ4v) is 2.60. The Morgan fingerprint density at radius 2 is 2.22 bits per heavy atom. The van der Waals surface area contributed by atoms with E-state index in [1.54, 1.807) is 23.6 Å². The predicted octanol–water partition coefficient (Wildman–Crippen LogP) is 4.02. The van der Waals surface area contributed by atoms with Gasteiger partial charge < -0.3 is 5.32 Å². The Bertz CT molecular complexity index is 585. The molecular weight excluding hydrogens is 266 g/mol. The third-order valence-electron chi connectivity index (χ3n) is 2.54. The molecule has 1 N–H and O–H groups in total. The van der Waals surface area contributed by atoms with Crippen LogP contribution in [0.1, 0.15) is 24.4 Å². The van der Waals surface area contributed by atoms with Crippen molar-refractivity contribution in [1.29, 1.82) is 5.26 Å². The van der Waals surface area contributed by atoms with E-state index in [4.69, 9.17) is 16.9 Å². The Morgan fingerprint density at radius 3 is 2.83 bits per heavy atom. The molecule has 5 heteroatoms. The summed E-state index contributed by atoms with van der Waals surface area (Å²) in [5, 5.41) is 15.8. The van der Waals surface area contributed by atoms with Crippen LogP contribution in [0.3, 0.4) is 0 Å². The van der Waals surface area contributed by atoms with Crippen molar-refractivity contribution in [2.75, 3.05) is 5.32 Å². The largest absolute Gasteiger partial charge is 0.373 e. The Kier molecular flexibility index (Phi) is 3.55. The van der Waals surface area contributed by atoms with Gasteiger partial charge >= 0.3 is 0 Å². The third kappa shape index (κ3) is 2.47. The van der Waals surface area contributed by atoms with Gasteiger partial charge in [0.2, 0.25) is 0 Å². The number of rotatable bonds is 3. The van der Waals surface area contributed by atoms with Crippen LogP contribution >= 0.6 is 22.9 Å².